The van der Waals surface area contributed by atoms with Gasteiger partial charge < -0.3 is 9.84 Å². The van der Waals surface area contributed by atoms with E-state index in [1.165, 1.54) is 12.4 Å². The van der Waals surface area contributed by atoms with Crippen LogP contribution in [0, 0.1) is 0 Å². The summed E-state index contributed by atoms with van der Waals surface area (Å²) in [7, 11) is 0. The number of ether oxygens (including phenoxy) is 1. The van der Waals surface area contributed by atoms with Crippen molar-refractivity contribution >= 4 is 12.0 Å². The van der Waals surface area contributed by atoms with Gasteiger partial charge in [-0.15, -0.1) is 0 Å². The average Bonchev–Trinajstić information content (AvgIpc) is 2.91. The Morgan fingerprint density at radius 3 is 2.79 bits per heavy atom. The molecule has 0 unspecified atom stereocenters. The first-order valence-electron chi connectivity index (χ1n) is 5.70. The molecule has 2 rings (SSSR count). The summed E-state index contributed by atoms with van der Waals surface area (Å²) in [5, 5.41) is 12.5. The third-order valence-corrected chi connectivity index (χ3v) is 2.35. The van der Waals surface area contributed by atoms with Gasteiger partial charge in [0.2, 0.25) is 0 Å². The second-order valence-electron chi connectivity index (χ2n) is 3.75. The highest BCUT2D eigenvalue weighted by Gasteiger charge is 1.96. The molecule has 0 aliphatic rings. The lowest BCUT2D eigenvalue weighted by Gasteiger charge is -2.06. The molecule has 0 fully saturated rings. The molecule has 0 amide bonds. The minimum Gasteiger partial charge on any atom is -0.492 e. The van der Waals surface area contributed by atoms with E-state index in [9.17, 15) is 4.79 Å². The average molecular weight is 259 g/mol. The number of nitrogens with zero attached hydrogens (tertiary/aromatic N) is 3. The highest BCUT2D eigenvalue weighted by atomic mass is 16.5. The van der Waals surface area contributed by atoms with E-state index in [1.54, 1.807) is 35.3 Å². The number of aromatic nitrogens is 3. The van der Waals surface area contributed by atoms with Gasteiger partial charge in [-0.05, 0) is 23.8 Å². The maximum absolute atomic E-state index is 10.4. The summed E-state index contributed by atoms with van der Waals surface area (Å²) >= 11 is 0. The maximum Gasteiger partial charge on any atom is 0.328 e. The van der Waals surface area contributed by atoms with E-state index in [0.29, 0.717) is 13.2 Å². The number of carboxylic acid groups (broad SMARTS) is 1. The molecule has 0 bridgehead atoms. The van der Waals surface area contributed by atoms with Gasteiger partial charge in [-0.3, -0.25) is 0 Å². The normalized spacial score (nSPS) is 10.7. The summed E-state index contributed by atoms with van der Waals surface area (Å²) < 4.78 is 7.22. The number of hydrogen-bond acceptors (Lipinski definition) is 4. The molecule has 19 heavy (non-hydrogen) atoms. The minimum atomic E-state index is -0.965. The zero-order chi connectivity index (χ0) is 13.5. The van der Waals surface area contributed by atoms with Crippen LogP contribution in [0.3, 0.4) is 0 Å². The summed E-state index contributed by atoms with van der Waals surface area (Å²) in [6, 6.07) is 7.18. The van der Waals surface area contributed by atoms with Gasteiger partial charge in [0.05, 0.1) is 6.54 Å². The van der Waals surface area contributed by atoms with Crippen LogP contribution in [0.5, 0.6) is 5.75 Å². The van der Waals surface area contributed by atoms with Crippen molar-refractivity contribution in [3.05, 3.63) is 48.6 Å². The minimum absolute atomic E-state index is 0.494. The van der Waals surface area contributed by atoms with Gasteiger partial charge in [0.15, 0.2) is 0 Å². The van der Waals surface area contributed by atoms with E-state index in [-0.39, 0.29) is 0 Å². The molecule has 0 radical (unpaired) electrons. The summed E-state index contributed by atoms with van der Waals surface area (Å²) in [5.41, 5.74) is 0.811. The van der Waals surface area contributed by atoms with Gasteiger partial charge in [-0.1, -0.05) is 12.1 Å². The molecule has 1 aromatic heterocycles. The molecule has 0 saturated carbocycles. The Morgan fingerprint density at radius 2 is 2.16 bits per heavy atom. The van der Waals surface area contributed by atoms with Crippen molar-refractivity contribution in [1.82, 2.24) is 14.8 Å². The highest BCUT2D eigenvalue weighted by Crippen LogP contribution is 2.13. The molecule has 0 saturated heterocycles. The first-order chi connectivity index (χ1) is 9.24. The van der Waals surface area contributed by atoms with Crippen molar-refractivity contribution in [3.8, 4) is 5.75 Å². The summed E-state index contributed by atoms with van der Waals surface area (Å²) in [6.45, 7) is 1.12. The molecular weight excluding hydrogens is 246 g/mol. The van der Waals surface area contributed by atoms with Crippen LogP contribution in [-0.2, 0) is 11.3 Å². The van der Waals surface area contributed by atoms with Gasteiger partial charge in [0.25, 0.3) is 0 Å². The van der Waals surface area contributed by atoms with Crippen molar-refractivity contribution in [2.45, 2.75) is 6.54 Å². The summed E-state index contributed by atoms with van der Waals surface area (Å²) in [5.74, 6) is -0.235. The Hall–Kier alpha value is -2.63. The Morgan fingerprint density at radius 1 is 1.37 bits per heavy atom. The lowest BCUT2D eigenvalue weighted by molar-refractivity contribution is -0.131. The maximum atomic E-state index is 10.4. The van der Waals surface area contributed by atoms with Crippen molar-refractivity contribution in [2.24, 2.45) is 0 Å². The van der Waals surface area contributed by atoms with Gasteiger partial charge in [-0.25, -0.2) is 14.5 Å². The smallest absolute Gasteiger partial charge is 0.328 e. The quantitative estimate of drug-likeness (QED) is 0.794. The van der Waals surface area contributed by atoms with E-state index in [4.69, 9.17) is 9.84 Å². The summed E-state index contributed by atoms with van der Waals surface area (Å²) in [4.78, 5) is 14.2. The molecule has 0 atom stereocenters. The van der Waals surface area contributed by atoms with Crippen LogP contribution in [0.2, 0.25) is 0 Å². The molecule has 0 spiro atoms. The zero-order valence-electron chi connectivity index (χ0n) is 10.1. The third kappa shape index (κ3) is 4.27. The third-order valence-electron chi connectivity index (χ3n) is 2.35. The van der Waals surface area contributed by atoms with E-state index in [2.05, 4.69) is 10.1 Å². The molecule has 6 heteroatoms. The molecule has 1 N–H and O–H groups in total. The van der Waals surface area contributed by atoms with Gasteiger partial charge in [-0.2, -0.15) is 5.10 Å². The van der Waals surface area contributed by atoms with Gasteiger partial charge in [0.1, 0.15) is 25.0 Å². The van der Waals surface area contributed by atoms with Gasteiger partial charge in [0, 0.05) is 6.08 Å². The SMILES string of the molecule is O=C(O)/C=C/c1ccc(OCCn2cncn2)cc1. The molecular formula is C13H13N3O3. The van der Waals surface area contributed by atoms with Crippen LogP contribution >= 0.6 is 0 Å². The van der Waals surface area contributed by atoms with Crippen LogP contribution in [-0.4, -0.2) is 32.4 Å². The van der Waals surface area contributed by atoms with E-state index in [1.807, 2.05) is 0 Å². The molecule has 0 aliphatic heterocycles. The van der Waals surface area contributed by atoms with Crippen LogP contribution in [0.25, 0.3) is 6.08 Å². The fourth-order valence-electron chi connectivity index (χ4n) is 1.45. The van der Waals surface area contributed by atoms with Crippen LogP contribution < -0.4 is 4.74 Å². The highest BCUT2D eigenvalue weighted by molar-refractivity contribution is 5.85. The Labute approximate surface area is 110 Å². The predicted molar refractivity (Wildman–Crippen MR) is 68.6 cm³/mol. The van der Waals surface area contributed by atoms with Crippen LogP contribution in [0.15, 0.2) is 43.0 Å². The molecule has 1 heterocycles. The fraction of sp³-hybridized carbons (Fsp3) is 0.154. The Balaban J connectivity index is 1.83. The molecule has 6 nitrogen and oxygen atoms in total. The lowest BCUT2D eigenvalue weighted by atomic mass is 10.2. The topological polar surface area (TPSA) is 77.2 Å². The molecule has 1 aromatic carbocycles. The predicted octanol–water partition coefficient (Wildman–Crippen LogP) is 1.45. The number of carbonyl (C=O) groups is 1. The van der Waals surface area contributed by atoms with Crippen molar-refractivity contribution < 1.29 is 14.6 Å². The second kappa shape index (κ2) is 6.34. The molecule has 98 valence electrons. The van der Waals surface area contributed by atoms with Crippen LogP contribution in [0.1, 0.15) is 5.56 Å². The second-order valence-corrected chi connectivity index (χ2v) is 3.75. The van der Waals surface area contributed by atoms with Crippen molar-refractivity contribution in [2.75, 3.05) is 6.61 Å². The standard InChI is InChI=1S/C13H13N3O3/c17-13(18)6-3-11-1-4-12(5-2-11)19-8-7-16-10-14-9-15-16/h1-6,9-10H,7-8H2,(H,17,18)/b6-3+. The molecule has 0 aliphatic carbocycles. The first-order valence-corrected chi connectivity index (χ1v) is 5.70. The van der Waals surface area contributed by atoms with E-state index in [0.717, 1.165) is 17.4 Å². The fourth-order valence-corrected chi connectivity index (χ4v) is 1.45. The Kier molecular flexibility index (Phi) is 4.28. The lowest BCUT2D eigenvalue weighted by Crippen LogP contribution is -2.08. The number of carboxylic acids is 1. The first kappa shape index (κ1) is 12.8. The van der Waals surface area contributed by atoms with Crippen molar-refractivity contribution in [1.29, 1.82) is 0 Å². The number of benzene rings is 1. The Bertz CT molecular complexity index is 547. The van der Waals surface area contributed by atoms with Gasteiger partial charge >= 0.3 is 5.97 Å². The summed E-state index contributed by atoms with van der Waals surface area (Å²) in [6.07, 6.45) is 5.73. The van der Waals surface area contributed by atoms with E-state index >= 15 is 0 Å². The van der Waals surface area contributed by atoms with Crippen molar-refractivity contribution in [3.63, 3.8) is 0 Å². The monoisotopic (exact) mass is 259 g/mol. The zero-order valence-corrected chi connectivity index (χ0v) is 10.1. The number of hydrogen-bond donors (Lipinski definition) is 1. The largest absolute Gasteiger partial charge is 0.492 e. The van der Waals surface area contributed by atoms with E-state index < -0.39 is 5.97 Å². The number of rotatable bonds is 6. The van der Waals surface area contributed by atoms with Crippen LogP contribution in [0.4, 0.5) is 0 Å². The molecule has 2 aromatic rings. The number of aliphatic carboxylic acids is 1.